The van der Waals surface area contributed by atoms with Gasteiger partial charge in [0.1, 0.15) is 0 Å². The molecule has 0 fully saturated rings. The van der Waals surface area contributed by atoms with Crippen LogP contribution in [-0.4, -0.2) is 4.98 Å². The second-order valence-electron chi connectivity index (χ2n) is 3.43. The SMILES string of the molecule is Clc1cccc(CNCc2ccc[nH]2)c1. The predicted octanol–water partition coefficient (Wildman–Crippen LogP) is 2.96. The Balaban J connectivity index is 1.83. The maximum absolute atomic E-state index is 5.89. The average molecular weight is 221 g/mol. The van der Waals surface area contributed by atoms with Gasteiger partial charge in [-0.25, -0.2) is 0 Å². The van der Waals surface area contributed by atoms with Crippen LogP contribution >= 0.6 is 11.6 Å². The lowest BCUT2D eigenvalue weighted by Gasteiger charge is -2.03. The zero-order valence-corrected chi connectivity index (χ0v) is 9.09. The van der Waals surface area contributed by atoms with Crippen molar-refractivity contribution in [2.45, 2.75) is 13.1 Å². The molecule has 3 heteroatoms. The van der Waals surface area contributed by atoms with E-state index in [0.717, 1.165) is 18.1 Å². The van der Waals surface area contributed by atoms with Crippen molar-refractivity contribution in [2.24, 2.45) is 0 Å². The van der Waals surface area contributed by atoms with Crippen molar-refractivity contribution in [3.05, 3.63) is 58.9 Å². The molecule has 0 aliphatic rings. The molecule has 1 aromatic carbocycles. The first-order valence-electron chi connectivity index (χ1n) is 4.92. The van der Waals surface area contributed by atoms with E-state index in [2.05, 4.69) is 22.4 Å². The molecule has 0 bridgehead atoms. The summed E-state index contributed by atoms with van der Waals surface area (Å²) in [6, 6.07) is 11.9. The molecule has 0 amide bonds. The molecule has 2 rings (SSSR count). The summed E-state index contributed by atoms with van der Waals surface area (Å²) in [5.74, 6) is 0. The van der Waals surface area contributed by atoms with Crippen LogP contribution in [-0.2, 0) is 13.1 Å². The van der Waals surface area contributed by atoms with Crippen molar-refractivity contribution in [2.75, 3.05) is 0 Å². The molecule has 0 unspecified atom stereocenters. The first-order valence-corrected chi connectivity index (χ1v) is 5.30. The molecular weight excluding hydrogens is 208 g/mol. The number of halogens is 1. The molecule has 1 aromatic heterocycles. The van der Waals surface area contributed by atoms with Crippen molar-refractivity contribution in [3.8, 4) is 0 Å². The van der Waals surface area contributed by atoms with Gasteiger partial charge in [0.05, 0.1) is 0 Å². The fourth-order valence-electron chi connectivity index (χ4n) is 1.47. The normalized spacial score (nSPS) is 10.5. The summed E-state index contributed by atoms with van der Waals surface area (Å²) in [5.41, 5.74) is 2.39. The second kappa shape index (κ2) is 5.01. The third-order valence-corrected chi connectivity index (χ3v) is 2.43. The number of aromatic nitrogens is 1. The fourth-order valence-corrected chi connectivity index (χ4v) is 1.68. The summed E-state index contributed by atoms with van der Waals surface area (Å²) in [6.45, 7) is 1.68. The number of H-pyrrole nitrogens is 1. The number of rotatable bonds is 4. The highest BCUT2D eigenvalue weighted by Gasteiger charge is 1.95. The molecule has 0 aliphatic carbocycles. The Bertz CT molecular complexity index is 409. The first-order chi connectivity index (χ1) is 7.34. The van der Waals surface area contributed by atoms with Crippen LogP contribution in [0.1, 0.15) is 11.3 Å². The maximum Gasteiger partial charge on any atom is 0.0409 e. The second-order valence-corrected chi connectivity index (χ2v) is 3.87. The molecule has 78 valence electrons. The fraction of sp³-hybridized carbons (Fsp3) is 0.167. The van der Waals surface area contributed by atoms with Crippen LogP contribution < -0.4 is 5.32 Å². The Morgan fingerprint density at radius 1 is 1.13 bits per heavy atom. The smallest absolute Gasteiger partial charge is 0.0409 e. The third-order valence-electron chi connectivity index (χ3n) is 2.20. The van der Waals surface area contributed by atoms with Gasteiger partial charge in [-0.1, -0.05) is 23.7 Å². The van der Waals surface area contributed by atoms with Gasteiger partial charge < -0.3 is 10.3 Å². The Hall–Kier alpha value is -1.25. The van der Waals surface area contributed by atoms with E-state index < -0.39 is 0 Å². The van der Waals surface area contributed by atoms with Crippen LogP contribution in [0.5, 0.6) is 0 Å². The van der Waals surface area contributed by atoms with Crippen molar-refractivity contribution in [1.82, 2.24) is 10.3 Å². The van der Waals surface area contributed by atoms with Gasteiger partial charge in [-0.3, -0.25) is 0 Å². The lowest BCUT2D eigenvalue weighted by molar-refractivity contribution is 0.682. The number of benzene rings is 1. The Morgan fingerprint density at radius 3 is 2.80 bits per heavy atom. The topological polar surface area (TPSA) is 27.8 Å². The molecule has 0 atom stereocenters. The van der Waals surface area contributed by atoms with Gasteiger partial charge in [0.25, 0.3) is 0 Å². The zero-order valence-electron chi connectivity index (χ0n) is 8.33. The zero-order chi connectivity index (χ0) is 10.5. The summed E-state index contributed by atoms with van der Waals surface area (Å²) in [6.07, 6.45) is 1.93. The number of hydrogen-bond acceptors (Lipinski definition) is 1. The van der Waals surface area contributed by atoms with Gasteiger partial charge >= 0.3 is 0 Å². The molecule has 2 N–H and O–H groups in total. The van der Waals surface area contributed by atoms with E-state index >= 15 is 0 Å². The quantitative estimate of drug-likeness (QED) is 0.815. The Morgan fingerprint density at radius 2 is 2.07 bits per heavy atom. The van der Waals surface area contributed by atoms with Gasteiger partial charge in [0.2, 0.25) is 0 Å². The number of nitrogens with one attached hydrogen (secondary N) is 2. The molecule has 15 heavy (non-hydrogen) atoms. The minimum Gasteiger partial charge on any atom is -0.364 e. The highest BCUT2D eigenvalue weighted by molar-refractivity contribution is 6.30. The Kier molecular flexibility index (Phi) is 3.43. The monoisotopic (exact) mass is 220 g/mol. The van der Waals surface area contributed by atoms with E-state index in [1.165, 1.54) is 11.3 Å². The summed E-state index contributed by atoms with van der Waals surface area (Å²) in [7, 11) is 0. The lowest BCUT2D eigenvalue weighted by Crippen LogP contribution is -2.12. The predicted molar refractivity (Wildman–Crippen MR) is 62.8 cm³/mol. The van der Waals surface area contributed by atoms with Gasteiger partial charge in [-0.2, -0.15) is 0 Å². The van der Waals surface area contributed by atoms with E-state index in [1.54, 1.807) is 0 Å². The van der Waals surface area contributed by atoms with Crippen LogP contribution in [0.15, 0.2) is 42.6 Å². The number of hydrogen-bond donors (Lipinski definition) is 2. The molecule has 0 saturated heterocycles. The average Bonchev–Trinajstić information content (AvgIpc) is 2.71. The lowest BCUT2D eigenvalue weighted by atomic mass is 10.2. The van der Waals surface area contributed by atoms with E-state index in [0.29, 0.717) is 0 Å². The van der Waals surface area contributed by atoms with E-state index in [-0.39, 0.29) is 0 Å². The number of aromatic amines is 1. The van der Waals surface area contributed by atoms with Crippen molar-refractivity contribution in [3.63, 3.8) is 0 Å². The van der Waals surface area contributed by atoms with Crippen molar-refractivity contribution in [1.29, 1.82) is 0 Å². The highest BCUT2D eigenvalue weighted by Crippen LogP contribution is 2.10. The summed E-state index contributed by atoms with van der Waals surface area (Å²) in [4.78, 5) is 3.15. The van der Waals surface area contributed by atoms with Crippen LogP contribution in [0.3, 0.4) is 0 Å². The van der Waals surface area contributed by atoms with Crippen LogP contribution in [0.4, 0.5) is 0 Å². The largest absolute Gasteiger partial charge is 0.364 e. The minimum absolute atomic E-state index is 0.786. The highest BCUT2D eigenvalue weighted by atomic mass is 35.5. The summed E-state index contributed by atoms with van der Waals surface area (Å²) >= 11 is 5.89. The molecule has 0 saturated carbocycles. The third kappa shape index (κ3) is 3.11. The van der Waals surface area contributed by atoms with Gasteiger partial charge in [0, 0.05) is 30.0 Å². The van der Waals surface area contributed by atoms with Gasteiger partial charge in [0.15, 0.2) is 0 Å². The summed E-state index contributed by atoms with van der Waals surface area (Å²) < 4.78 is 0. The minimum atomic E-state index is 0.786. The molecule has 2 aromatic rings. The molecule has 0 radical (unpaired) electrons. The standard InChI is InChI=1S/C12H13ClN2/c13-11-4-1-3-10(7-11)8-14-9-12-5-2-6-15-12/h1-7,14-15H,8-9H2. The van der Waals surface area contributed by atoms with Crippen LogP contribution in [0, 0.1) is 0 Å². The van der Waals surface area contributed by atoms with Gasteiger partial charge in [-0.15, -0.1) is 0 Å². The van der Waals surface area contributed by atoms with E-state index in [4.69, 9.17) is 11.6 Å². The van der Waals surface area contributed by atoms with Crippen LogP contribution in [0.2, 0.25) is 5.02 Å². The molecule has 0 spiro atoms. The van der Waals surface area contributed by atoms with Crippen molar-refractivity contribution < 1.29 is 0 Å². The summed E-state index contributed by atoms with van der Waals surface area (Å²) in [5, 5.41) is 4.13. The van der Waals surface area contributed by atoms with Gasteiger partial charge in [-0.05, 0) is 29.8 Å². The van der Waals surface area contributed by atoms with E-state index in [1.807, 2.05) is 30.5 Å². The molecular formula is C12H13ClN2. The maximum atomic E-state index is 5.89. The first kappa shape index (κ1) is 10.3. The van der Waals surface area contributed by atoms with Crippen molar-refractivity contribution >= 4 is 11.6 Å². The molecule has 2 nitrogen and oxygen atoms in total. The molecule has 0 aliphatic heterocycles. The molecule has 1 heterocycles. The van der Waals surface area contributed by atoms with E-state index in [9.17, 15) is 0 Å². The Labute approximate surface area is 94.3 Å². The van der Waals surface area contributed by atoms with Crippen LogP contribution in [0.25, 0.3) is 0 Å².